The van der Waals surface area contributed by atoms with E-state index < -0.39 is 16.5 Å². The van der Waals surface area contributed by atoms with Crippen LogP contribution in [0.15, 0.2) is 0 Å². The lowest BCUT2D eigenvalue weighted by Crippen LogP contribution is -2.08. The van der Waals surface area contributed by atoms with Crippen LogP contribution in [0.2, 0.25) is 0 Å². The summed E-state index contributed by atoms with van der Waals surface area (Å²) < 4.78 is 22.2. The second-order valence-electron chi connectivity index (χ2n) is 10.5. The van der Waals surface area contributed by atoms with Gasteiger partial charge in [0.15, 0.2) is 4.31 Å². The third-order valence-corrected chi connectivity index (χ3v) is 8.25. The molecule has 0 spiro atoms. The largest absolute Gasteiger partial charge is 0.745 e. The maximum absolute atomic E-state index is 9.39. The molecule has 4 atom stereocenters. The molecule has 0 bridgehead atoms. The van der Waals surface area contributed by atoms with Crippen LogP contribution >= 0.6 is 16.5 Å². The van der Waals surface area contributed by atoms with Gasteiger partial charge in [-0.25, -0.2) is 0 Å². The summed E-state index contributed by atoms with van der Waals surface area (Å²) in [5, 5.41) is 0. The third kappa shape index (κ3) is 34.1. The van der Waals surface area contributed by atoms with Crippen LogP contribution in [0.5, 0.6) is 0 Å². The van der Waals surface area contributed by atoms with Crippen LogP contribution in [-0.2, 0) is 13.4 Å². The average molecular weight is 539 g/mol. The predicted molar refractivity (Wildman–Crippen MR) is 152 cm³/mol. The van der Waals surface area contributed by atoms with Crippen molar-refractivity contribution in [1.29, 1.82) is 0 Å². The SMILES string of the molecule is CCCCCCCCCCCCC(C)C(C)CCCCCCCCCCCC.O=[P+](O)O[P+](=O)O. The van der Waals surface area contributed by atoms with Crippen LogP contribution in [0.25, 0.3) is 0 Å². The molecule has 0 aliphatic carbocycles. The lowest BCUT2D eigenvalue weighted by atomic mass is 9.86. The van der Waals surface area contributed by atoms with Gasteiger partial charge in [-0.05, 0) is 11.8 Å². The molecule has 0 aromatic heterocycles. The molecule has 0 saturated carbocycles. The molecule has 4 unspecified atom stereocenters. The van der Waals surface area contributed by atoms with Crippen molar-refractivity contribution in [2.45, 2.75) is 169 Å². The number of unbranched alkanes of at least 4 members (excludes halogenated alkanes) is 18. The van der Waals surface area contributed by atoms with Crippen LogP contribution in [0, 0.1) is 11.8 Å². The molecule has 0 radical (unpaired) electrons. The third-order valence-electron chi connectivity index (χ3n) is 7.14. The van der Waals surface area contributed by atoms with Gasteiger partial charge in [-0.3, -0.25) is 0 Å². The van der Waals surface area contributed by atoms with Gasteiger partial charge >= 0.3 is 16.5 Å². The van der Waals surface area contributed by atoms with Gasteiger partial charge in [0, 0.05) is 9.13 Å². The average Bonchev–Trinajstić information content (AvgIpc) is 2.80. The Hall–Kier alpha value is 0.0800. The zero-order valence-corrected chi connectivity index (χ0v) is 25.5. The molecule has 0 aromatic carbocycles. The second kappa shape index (κ2) is 30.3. The van der Waals surface area contributed by atoms with Gasteiger partial charge in [-0.2, -0.15) is 0 Å². The van der Waals surface area contributed by atoms with Crippen molar-refractivity contribution in [3.05, 3.63) is 0 Å². The van der Waals surface area contributed by atoms with E-state index in [2.05, 4.69) is 32.0 Å². The first-order valence-electron chi connectivity index (χ1n) is 14.8. The van der Waals surface area contributed by atoms with Gasteiger partial charge < -0.3 is 0 Å². The Balaban J connectivity index is 0. The summed E-state index contributed by atoms with van der Waals surface area (Å²) in [5.41, 5.74) is 0. The van der Waals surface area contributed by atoms with E-state index in [0.29, 0.717) is 0 Å². The van der Waals surface area contributed by atoms with Crippen LogP contribution < -0.4 is 0 Å². The molecule has 210 valence electrons. The van der Waals surface area contributed by atoms with E-state index in [-0.39, 0.29) is 0 Å². The van der Waals surface area contributed by atoms with Gasteiger partial charge in [0.25, 0.3) is 0 Å². The normalized spacial score (nSPS) is 13.7. The highest BCUT2D eigenvalue weighted by molar-refractivity contribution is 7.46. The van der Waals surface area contributed by atoms with Crippen molar-refractivity contribution in [2.24, 2.45) is 11.8 Å². The minimum atomic E-state index is -2.92. The van der Waals surface area contributed by atoms with Crippen LogP contribution in [-0.4, -0.2) is 9.79 Å². The standard InChI is InChI=1S/C28H58.O5P2/c1-5-7-9-11-13-15-17-19-21-23-25-27(3)28(4)26-24-22-20-18-16-14-12-10-8-6-2;1-6(2)5-7(3)4/h27-28H,5-26H2,1-4H3;/p+2. The summed E-state index contributed by atoms with van der Waals surface area (Å²) in [5.74, 6) is 1.88. The molecule has 0 aliphatic rings. The van der Waals surface area contributed by atoms with Crippen molar-refractivity contribution in [1.82, 2.24) is 0 Å². The second-order valence-corrected chi connectivity index (χ2v) is 12.1. The fourth-order valence-electron chi connectivity index (χ4n) is 4.54. The summed E-state index contributed by atoms with van der Waals surface area (Å²) >= 11 is 0. The van der Waals surface area contributed by atoms with E-state index in [1.165, 1.54) is 141 Å². The summed E-state index contributed by atoms with van der Waals surface area (Å²) in [4.78, 5) is 15.3. The lowest BCUT2D eigenvalue weighted by Gasteiger charge is -2.19. The lowest BCUT2D eigenvalue weighted by molar-refractivity contribution is 0.322. The van der Waals surface area contributed by atoms with Gasteiger partial charge in [-0.15, -0.1) is 9.79 Å². The highest BCUT2D eigenvalue weighted by Crippen LogP contribution is 2.30. The monoisotopic (exact) mass is 538 g/mol. The van der Waals surface area contributed by atoms with Crippen molar-refractivity contribution in [3.63, 3.8) is 0 Å². The first-order chi connectivity index (χ1) is 16.8. The van der Waals surface area contributed by atoms with Crippen LogP contribution in [0.1, 0.15) is 169 Å². The predicted octanol–water partition coefficient (Wildman–Crippen LogP) is 11.2. The number of hydrogen-bond acceptors (Lipinski definition) is 3. The summed E-state index contributed by atoms with van der Waals surface area (Å²) in [7, 11) is -5.85. The Kier molecular flexibility index (Phi) is 32.2. The maximum Gasteiger partial charge on any atom is 0.745 e. The molecular weight excluding hydrogens is 478 g/mol. The molecule has 0 aliphatic heterocycles. The Morgan fingerprint density at radius 2 is 0.714 bits per heavy atom. The highest BCUT2D eigenvalue weighted by Gasteiger charge is 2.31. The van der Waals surface area contributed by atoms with Gasteiger partial charge in [0.05, 0.1) is 0 Å². The Morgan fingerprint density at radius 3 is 0.914 bits per heavy atom. The molecular formula is C28H60O5P2+2. The number of rotatable bonds is 25. The van der Waals surface area contributed by atoms with Crippen LogP contribution in [0.4, 0.5) is 0 Å². The minimum Gasteiger partial charge on any atom is -0.131 e. The van der Waals surface area contributed by atoms with Gasteiger partial charge in [0.2, 0.25) is 0 Å². The molecule has 0 heterocycles. The van der Waals surface area contributed by atoms with E-state index in [1.807, 2.05) is 0 Å². The van der Waals surface area contributed by atoms with Crippen molar-refractivity contribution >= 4 is 16.5 Å². The zero-order valence-electron chi connectivity index (χ0n) is 23.7. The quantitative estimate of drug-likeness (QED) is 0.0892. The van der Waals surface area contributed by atoms with Gasteiger partial charge in [0.1, 0.15) is 0 Å². The minimum absolute atomic E-state index is 0.938. The zero-order chi connectivity index (χ0) is 26.6. The fourth-order valence-corrected chi connectivity index (χ4v) is 5.01. The Labute approximate surface area is 220 Å². The molecule has 7 heteroatoms. The number of hydrogen-bond donors (Lipinski definition) is 2. The maximum atomic E-state index is 9.39. The Bertz CT molecular complexity index is 423. The Morgan fingerprint density at radius 1 is 0.486 bits per heavy atom. The first kappa shape index (κ1) is 37.2. The topological polar surface area (TPSA) is 83.8 Å². The molecule has 2 N–H and O–H groups in total. The summed E-state index contributed by atoms with van der Waals surface area (Å²) in [6.07, 6.45) is 32.2. The van der Waals surface area contributed by atoms with Gasteiger partial charge in [-0.1, -0.05) is 169 Å². The van der Waals surface area contributed by atoms with E-state index in [4.69, 9.17) is 9.79 Å². The van der Waals surface area contributed by atoms with E-state index in [1.54, 1.807) is 0 Å². The highest BCUT2D eigenvalue weighted by atomic mass is 31.2. The molecule has 0 fully saturated rings. The molecule has 5 nitrogen and oxygen atoms in total. The smallest absolute Gasteiger partial charge is 0.131 e. The molecule has 0 aromatic rings. The molecule has 0 saturated heterocycles. The first-order valence-corrected chi connectivity index (χ1v) is 17.1. The van der Waals surface area contributed by atoms with Crippen LogP contribution in [0.3, 0.4) is 0 Å². The molecule has 0 amide bonds. The summed E-state index contributed by atoms with van der Waals surface area (Å²) in [6.45, 7) is 9.63. The van der Waals surface area contributed by atoms with E-state index in [0.717, 1.165) is 11.8 Å². The van der Waals surface area contributed by atoms with Crippen molar-refractivity contribution < 1.29 is 23.2 Å². The molecule has 35 heavy (non-hydrogen) atoms. The summed E-state index contributed by atoms with van der Waals surface area (Å²) in [6, 6.07) is 0. The van der Waals surface area contributed by atoms with Crippen molar-refractivity contribution in [2.75, 3.05) is 0 Å². The van der Waals surface area contributed by atoms with Crippen molar-refractivity contribution in [3.8, 4) is 0 Å². The van der Waals surface area contributed by atoms with E-state index in [9.17, 15) is 9.13 Å². The van der Waals surface area contributed by atoms with E-state index >= 15 is 0 Å². The fraction of sp³-hybridized carbons (Fsp3) is 1.00. The molecule has 0 rings (SSSR count).